The molecule has 200 valence electrons. The first-order valence-corrected chi connectivity index (χ1v) is 14.1. The predicted octanol–water partition coefficient (Wildman–Crippen LogP) is 0.875. The molecule has 0 bridgehead atoms. The van der Waals surface area contributed by atoms with Crippen LogP contribution in [0, 0.1) is 0 Å². The zero-order chi connectivity index (χ0) is 27.3. The van der Waals surface area contributed by atoms with Gasteiger partial charge in [-0.25, -0.2) is 14.6 Å². The van der Waals surface area contributed by atoms with Crippen molar-refractivity contribution in [2.24, 2.45) is 5.16 Å². The molecule has 3 heterocycles. The number of carbonyl (C=O) groups is 5. The van der Waals surface area contributed by atoms with Crippen LogP contribution in [0.15, 0.2) is 21.8 Å². The highest BCUT2D eigenvalue weighted by atomic mass is 32.2. The third-order valence-corrected chi connectivity index (χ3v) is 7.51. The summed E-state index contributed by atoms with van der Waals surface area (Å²) < 4.78 is 5.14. The van der Waals surface area contributed by atoms with E-state index in [0.29, 0.717) is 23.5 Å². The molecule has 0 saturated carbocycles. The van der Waals surface area contributed by atoms with Gasteiger partial charge in [-0.1, -0.05) is 5.16 Å². The van der Waals surface area contributed by atoms with Gasteiger partial charge in [0.15, 0.2) is 10.8 Å². The number of oxime groups is 1. The zero-order valence-electron chi connectivity index (χ0n) is 20.3. The van der Waals surface area contributed by atoms with Gasteiger partial charge in [0, 0.05) is 16.9 Å². The number of aliphatic carboxylic acids is 1. The van der Waals surface area contributed by atoms with E-state index >= 15 is 0 Å². The summed E-state index contributed by atoms with van der Waals surface area (Å²) in [4.78, 5) is 70.9. The Balaban J connectivity index is 1.78. The van der Waals surface area contributed by atoms with Gasteiger partial charge in [0.25, 0.3) is 11.8 Å². The SMILES string of the molecule is CSCC1=C(C(=O)O)N2C(=O)C(NC(=O)C(=NOCC(=O)OC(C)(C)C)c3csc(NC=O)n3)[C@@H]2SC1. The van der Waals surface area contributed by atoms with Gasteiger partial charge in [-0.15, -0.1) is 23.1 Å². The van der Waals surface area contributed by atoms with Crippen molar-refractivity contribution in [3.8, 4) is 0 Å². The van der Waals surface area contributed by atoms with Crippen LogP contribution in [0.5, 0.6) is 0 Å². The molecule has 1 unspecified atom stereocenters. The first-order valence-electron chi connectivity index (χ1n) is 10.7. The van der Waals surface area contributed by atoms with Gasteiger partial charge in [-0.2, -0.15) is 11.8 Å². The number of carboxylic acid groups (broad SMARTS) is 1. The van der Waals surface area contributed by atoms with E-state index in [1.807, 2.05) is 6.26 Å². The summed E-state index contributed by atoms with van der Waals surface area (Å²) in [6.07, 6.45) is 2.25. The van der Waals surface area contributed by atoms with Crippen LogP contribution in [0.1, 0.15) is 26.5 Å². The number of nitrogens with one attached hydrogen (secondary N) is 2. The highest BCUT2D eigenvalue weighted by molar-refractivity contribution is 8.00. The van der Waals surface area contributed by atoms with Gasteiger partial charge in [-0.3, -0.25) is 19.3 Å². The summed E-state index contributed by atoms with van der Waals surface area (Å²) in [5, 5.41) is 19.4. The van der Waals surface area contributed by atoms with Gasteiger partial charge in [0.05, 0.1) is 0 Å². The van der Waals surface area contributed by atoms with Crippen LogP contribution in [0.2, 0.25) is 0 Å². The van der Waals surface area contributed by atoms with Crippen molar-refractivity contribution in [2.45, 2.75) is 37.8 Å². The third-order valence-electron chi connectivity index (χ3n) is 4.76. The molecule has 3 rings (SSSR count). The summed E-state index contributed by atoms with van der Waals surface area (Å²) >= 11 is 3.81. The highest BCUT2D eigenvalue weighted by Crippen LogP contribution is 2.41. The minimum Gasteiger partial charge on any atom is -0.477 e. The van der Waals surface area contributed by atoms with Crippen molar-refractivity contribution >= 4 is 75.9 Å². The number of anilines is 1. The molecular weight excluding hydrogens is 546 g/mol. The van der Waals surface area contributed by atoms with Gasteiger partial charge < -0.3 is 25.3 Å². The molecule has 0 aromatic carbocycles. The number of ether oxygens (including phenoxy) is 1. The molecule has 0 radical (unpaired) electrons. The average Bonchev–Trinajstić information content (AvgIpc) is 3.27. The summed E-state index contributed by atoms with van der Waals surface area (Å²) in [7, 11) is 0. The molecule has 2 atom stereocenters. The Morgan fingerprint density at radius 2 is 2.11 bits per heavy atom. The Morgan fingerprint density at radius 3 is 2.73 bits per heavy atom. The number of nitrogens with zero attached hydrogens (tertiary/aromatic N) is 3. The summed E-state index contributed by atoms with van der Waals surface area (Å²) in [6.45, 7) is 4.46. The smallest absolute Gasteiger partial charge is 0.352 e. The third kappa shape index (κ3) is 6.81. The van der Waals surface area contributed by atoms with E-state index in [4.69, 9.17) is 9.57 Å². The molecule has 37 heavy (non-hydrogen) atoms. The van der Waals surface area contributed by atoms with Crippen molar-refractivity contribution in [3.63, 3.8) is 0 Å². The van der Waals surface area contributed by atoms with Gasteiger partial charge >= 0.3 is 11.9 Å². The van der Waals surface area contributed by atoms with Gasteiger partial charge in [0.1, 0.15) is 28.4 Å². The lowest BCUT2D eigenvalue weighted by atomic mass is 10.0. The van der Waals surface area contributed by atoms with E-state index < -0.39 is 47.4 Å². The molecule has 1 aromatic heterocycles. The Morgan fingerprint density at radius 1 is 1.38 bits per heavy atom. The van der Waals surface area contributed by atoms with Crippen LogP contribution >= 0.6 is 34.9 Å². The van der Waals surface area contributed by atoms with Crippen molar-refractivity contribution in [3.05, 3.63) is 22.3 Å². The second-order valence-electron chi connectivity index (χ2n) is 8.65. The second kappa shape index (κ2) is 12.0. The predicted molar refractivity (Wildman–Crippen MR) is 138 cm³/mol. The number of rotatable bonds is 11. The van der Waals surface area contributed by atoms with Crippen LogP contribution in [0.25, 0.3) is 0 Å². The number of fused-ring (bicyclic) bond motifs is 1. The molecule has 1 fully saturated rings. The molecule has 2 aliphatic heterocycles. The summed E-state index contributed by atoms with van der Waals surface area (Å²) in [5.41, 5.74) is -0.490. The zero-order valence-corrected chi connectivity index (χ0v) is 22.8. The fraction of sp³-hybridized carbons (Fsp3) is 0.476. The Bertz CT molecular complexity index is 1160. The Labute approximate surface area is 224 Å². The number of carbonyl (C=O) groups excluding carboxylic acids is 4. The number of amides is 3. The molecule has 16 heteroatoms. The second-order valence-corrected chi connectivity index (χ2v) is 11.5. The molecule has 13 nitrogen and oxygen atoms in total. The molecule has 0 spiro atoms. The van der Waals surface area contributed by atoms with E-state index in [2.05, 4.69) is 20.8 Å². The van der Waals surface area contributed by atoms with E-state index in [9.17, 15) is 29.1 Å². The number of esters is 1. The number of hydrogen-bond acceptors (Lipinski definition) is 12. The van der Waals surface area contributed by atoms with E-state index in [0.717, 1.165) is 11.3 Å². The average molecular weight is 572 g/mol. The minimum absolute atomic E-state index is 0.0318. The first-order chi connectivity index (χ1) is 17.5. The van der Waals surface area contributed by atoms with Crippen LogP contribution < -0.4 is 10.6 Å². The van der Waals surface area contributed by atoms with Gasteiger partial charge in [-0.05, 0) is 32.6 Å². The van der Waals surface area contributed by atoms with E-state index in [-0.39, 0.29) is 22.2 Å². The molecule has 2 aliphatic rings. The number of carboxylic acids is 1. The molecule has 0 aliphatic carbocycles. The van der Waals surface area contributed by atoms with Crippen LogP contribution in [0.3, 0.4) is 0 Å². The maximum Gasteiger partial charge on any atom is 0.352 e. The lowest BCUT2D eigenvalue weighted by Gasteiger charge is -2.49. The summed E-state index contributed by atoms with van der Waals surface area (Å²) in [5.74, 6) is -2.46. The fourth-order valence-electron chi connectivity index (χ4n) is 3.40. The fourth-order valence-corrected chi connectivity index (χ4v) is 6.12. The standard InChI is InChI=1S/C21H25N5O8S3/c1-21(2,3)34-12(28)5-33-25-13(11-8-37-20(23-11)22-9-27)16(29)24-14-17(30)26-15(19(31)32)10(6-35-4)7-36-18(14)26/h8-9,14,18H,5-7H2,1-4H3,(H,24,29)(H,31,32)(H,22,23,27)/t14?,18-/m0/s1. The monoisotopic (exact) mass is 571 g/mol. The van der Waals surface area contributed by atoms with Crippen molar-refractivity contribution in [1.82, 2.24) is 15.2 Å². The van der Waals surface area contributed by atoms with Crippen LogP contribution in [0.4, 0.5) is 5.13 Å². The minimum atomic E-state index is -1.21. The topological polar surface area (TPSA) is 177 Å². The maximum absolute atomic E-state index is 13.1. The lowest BCUT2D eigenvalue weighted by molar-refractivity contribution is -0.160. The van der Waals surface area contributed by atoms with E-state index in [1.165, 1.54) is 33.8 Å². The van der Waals surface area contributed by atoms with E-state index in [1.54, 1.807) is 20.8 Å². The molecule has 3 N–H and O–H groups in total. The number of β-lactam (4-membered cyclic amide) rings is 1. The highest BCUT2D eigenvalue weighted by Gasteiger charge is 2.54. The first kappa shape index (κ1) is 28.5. The number of hydrogen-bond donors (Lipinski definition) is 3. The number of thioether (sulfide) groups is 2. The largest absolute Gasteiger partial charge is 0.477 e. The van der Waals surface area contributed by atoms with Crippen LogP contribution in [-0.2, 0) is 33.5 Å². The quantitative estimate of drug-likeness (QED) is 0.113. The molecular formula is C21H25N5O8S3. The Hall–Kier alpha value is -3.11. The lowest BCUT2D eigenvalue weighted by Crippen LogP contribution is -2.71. The maximum atomic E-state index is 13.1. The molecule has 1 aromatic rings. The van der Waals surface area contributed by atoms with Crippen LogP contribution in [-0.4, -0.2) is 92.3 Å². The van der Waals surface area contributed by atoms with Crippen molar-refractivity contribution < 1.29 is 38.7 Å². The number of aromatic nitrogens is 1. The summed E-state index contributed by atoms with van der Waals surface area (Å²) in [6, 6.07) is -1.01. The van der Waals surface area contributed by atoms with Crippen molar-refractivity contribution in [1.29, 1.82) is 0 Å². The van der Waals surface area contributed by atoms with Gasteiger partial charge in [0.2, 0.25) is 13.0 Å². The normalized spacial score (nSPS) is 19.5. The Kier molecular flexibility index (Phi) is 9.20. The molecule has 3 amide bonds. The van der Waals surface area contributed by atoms with Crippen molar-refractivity contribution in [2.75, 3.05) is 29.7 Å². The number of thiazole rings is 1. The molecule has 1 saturated heterocycles.